The molecule has 0 N–H and O–H groups in total. The molecule has 100 valence electrons. The van der Waals surface area contributed by atoms with Gasteiger partial charge < -0.3 is 14.5 Å². The van der Waals surface area contributed by atoms with Crippen molar-refractivity contribution < 1.29 is 4.74 Å². The van der Waals surface area contributed by atoms with E-state index in [9.17, 15) is 0 Å². The lowest BCUT2D eigenvalue weighted by Gasteiger charge is -2.33. The van der Waals surface area contributed by atoms with Gasteiger partial charge in [0.05, 0.1) is 6.61 Å². The van der Waals surface area contributed by atoms with Crippen LogP contribution in [0.2, 0.25) is 5.28 Å². The first-order valence-corrected chi connectivity index (χ1v) is 6.62. The van der Waals surface area contributed by atoms with Crippen molar-refractivity contribution in [2.75, 3.05) is 44.2 Å². The molecule has 2 rings (SSSR count). The van der Waals surface area contributed by atoms with Crippen molar-refractivity contribution in [2.24, 2.45) is 0 Å². The first-order chi connectivity index (χ1) is 8.72. The summed E-state index contributed by atoms with van der Waals surface area (Å²) in [6.45, 7) is 9.49. The highest BCUT2D eigenvalue weighted by Gasteiger charge is 2.19. The lowest BCUT2D eigenvalue weighted by atomic mass is 10.3. The zero-order valence-electron chi connectivity index (χ0n) is 10.8. The highest BCUT2D eigenvalue weighted by Crippen LogP contribution is 2.16. The van der Waals surface area contributed by atoms with Gasteiger partial charge in [-0.15, -0.1) is 0 Å². The van der Waals surface area contributed by atoms with E-state index in [4.69, 9.17) is 16.3 Å². The second-order valence-electron chi connectivity index (χ2n) is 4.04. The van der Waals surface area contributed by atoms with Gasteiger partial charge in [-0.2, -0.15) is 15.0 Å². The molecule has 1 aliphatic heterocycles. The molecule has 6 nitrogen and oxygen atoms in total. The van der Waals surface area contributed by atoms with Gasteiger partial charge in [-0.3, -0.25) is 0 Å². The van der Waals surface area contributed by atoms with E-state index in [-0.39, 0.29) is 5.28 Å². The average Bonchev–Trinajstić information content (AvgIpc) is 2.38. The van der Waals surface area contributed by atoms with E-state index >= 15 is 0 Å². The molecule has 0 radical (unpaired) electrons. The van der Waals surface area contributed by atoms with Crippen LogP contribution < -0.4 is 9.64 Å². The Balaban J connectivity index is 2.08. The molecule has 0 saturated carbocycles. The Morgan fingerprint density at radius 1 is 1.11 bits per heavy atom. The van der Waals surface area contributed by atoms with Crippen LogP contribution in [-0.2, 0) is 0 Å². The highest BCUT2D eigenvalue weighted by atomic mass is 35.5. The summed E-state index contributed by atoms with van der Waals surface area (Å²) in [4.78, 5) is 16.9. The van der Waals surface area contributed by atoms with Crippen LogP contribution in [0.4, 0.5) is 5.95 Å². The summed E-state index contributed by atoms with van der Waals surface area (Å²) >= 11 is 5.88. The van der Waals surface area contributed by atoms with Gasteiger partial charge in [0.15, 0.2) is 0 Å². The van der Waals surface area contributed by atoms with Crippen molar-refractivity contribution in [1.29, 1.82) is 0 Å². The number of halogens is 1. The summed E-state index contributed by atoms with van der Waals surface area (Å²) in [6.07, 6.45) is 0. The summed E-state index contributed by atoms with van der Waals surface area (Å²) in [7, 11) is 0. The van der Waals surface area contributed by atoms with Crippen LogP contribution >= 0.6 is 11.6 Å². The second-order valence-corrected chi connectivity index (χ2v) is 4.38. The monoisotopic (exact) mass is 271 g/mol. The van der Waals surface area contributed by atoms with Gasteiger partial charge in [-0.25, -0.2) is 0 Å². The highest BCUT2D eigenvalue weighted by molar-refractivity contribution is 6.28. The molecule has 1 aromatic heterocycles. The van der Waals surface area contributed by atoms with E-state index in [1.54, 1.807) is 0 Å². The zero-order valence-corrected chi connectivity index (χ0v) is 11.5. The normalized spacial score (nSPS) is 16.9. The maximum Gasteiger partial charge on any atom is 0.322 e. The Morgan fingerprint density at radius 2 is 1.83 bits per heavy atom. The molecule has 1 saturated heterocycles. The first-order valence-electron chi connectivity index (χ1n) is 6.24. The third kappa shape index (κ3) is 3.20. The quantitative estimate of drug-likeness (QED) is 0.816. The number of anilines is 1. The third-order valence-corrected chi connectivity index (χ3v) is 3.12. The molecule has 0 aliphatic carbocycles. The molecule has 7 heteroatoms. The zero-order chi connectivity index (χ0) is 13.0. The molecule has 0 unspecified atom stereocenters. The maximum absolute atomic E-state index is 5.88. The number of hydrogen-bond donors (Lipinski definition) is 0. The van der Waals surface area contributed by atoms with E-state index in [0.29, 0.717) is 18.6 Å². The SMILES string of the molecule is CCOc1nc(Cl)nc(N2CCN(CC)CC2)n1. The molecular weight excluding hydrogens is 254 g/mol. The predicted octanol–water partition coefficient (Wildman–Crippen LogP) is 1.07. The lowest BCUT2D eigenvalue weighted by molar-refractivity contribution is 0.268. The predicted molar refractivity (Wildman–Crippen MR) is 70.3 cm³/mol. The minimum absolute atomic E-state index is 0.182. The molecular formula is C11H18ClN5O. The van der Waals surface area contributed by atoms with E-state index in [2.05, 4.69) is 31.7 Å². The number of piperazine rings is 1. The standard InChI is InChI=1S/C11H18ClN5O/c1-3-16-5-7-17(8-6-16)10-13-9(12)14-11(15-10)18-4-2/h3-8H2,1-2H3. The Morgan fingerprint density at radius 3 is 2.44 bits per heavy atom. The number of rotatable bonds is 4. The van der Waals surface area contributed by atoms with Crippen LogP contribution in [0.3, 0.4) is 0 Å². The molecule has 0 aromatic carbocycles. The van der Waals surface area contributed by atoms with E-state index in [1.807, 2.05) is 6.92 Å². The number of aromatic nitrogens is 3. The number of nitrogens with zero attached hydrogens (tertiary/aromatic N) is 5. The number of hydrogen-bond acceptors (Lipinski definition) is 6. The van der Waals surface area contributed by atoms with Gasteiger partial charge in [0.2, 0.25) is 11.2 Å². The summed E-state index contributed by atoms with van der Waals surface area (Å²) in [6, 6.07) is 0.297. The van der Waals surface area contributed by atoms with Gasteiger partial charge in [0.25, 0.3) is 0 Å². The van der Waals surface area contributed by atoms with Gasteiger partial charge in [-0.1, -0.05) is 6.92 Å². The fourth-order valence-electron chi connectivity index (χ4n) is 1.92. The van der Waals surface area contributed by atoms with Crippen molar-refractivity contribution in [2.45, 2.75) is 13.8 Å². The number of ether oxygens (including phenoxy) is 1. The van der Waals surface area contributed by atoms with Gasteiger partial charge in [0.1, 0.15) is 0 Å². The molecule has 0 amide bonds. The molecule has 2 heterocycles. The van der Waals surface area contributed by atoms with Crippen molar-refractivity contribution >= 4 is 17.5 Å². The van der Waals surface area contributed by atoms with Crippen molar-refractivity contribution in [3.8, 4) is 6.01 Å². The van der Waals surface area contributed by atoms with E-state index < -0.39 is 0 Å². The maximum atomic E-state index is 5.88. The van der Waals surface area contributed by atoms with Crippen LogP contribution in [-0.4, -0.2) is 59.2 Å². The van der Waals surface area contributed by atoms with Gasteiger partial charge in [0, 0.05) is 26.2 Å². The third-order valence-electron chi connectivity index (χ3n) is 2.95. The fourth-order valence-corrected chi connectivity index (χ4v) is 2.07. The van der Waals surface area contributed by atoms with Crippen LogP contribution in [0, 0.1) is 0 Å². The summed E-state index contributed by atoms with van der Waals surface area (Å²) < 4.78 is 5.28. The first kappa shape index (κ1) is 13.3. The molecule has 1 fully saturated rings. The minimum Gasteiger partial charge on any atom is -0.464 e. The largest absolute Gasteiger partial charge is 0.464 e. The minimum atomic E-state index is 0.182. The Kier molecular flexibility index (Phi) is 4.54. The molecule has 0 spiro atoms. The van der Waals surface area contributed by atoms with Crippen LogP contribution in [0.15, 0.2) is 0 Å². The Labute approximate surface area is 112 Å². The van der Waals surface area contributed by atoms with Crippen molar-refractivity contribution in [3.63, 3.8) is 0 Å². The Hall–Kier alpha value is -1.14. The average molecular weight is 272 g/mol. The topological polar surface area (TPSA) is 54.4 Å². The van der Waals surface area contributed by atoms with E-state index in [0.717, 1.165) is 32.7 Å². The van der Waals surface area contributed by atoms with Crippen LogP contribution in [0.5, 0.6) is 6.01 Å². The molecule has 18 heavy (non-hydrogen) atoms. The fraction of sp³-hybridized carbons (Fsp3) is 0.727. The van der Waals surface area contributed by atoms with E-state index in [1.165, 1.54) is 0 Å². The van der Waals surface area contributed by atoms with Gasteiger partial charge in [-0.05, 0) is 25.1 Å². The molecule has 0 atom stereocenters. The molecule has 1 aromatic rings. The molecule has 1 aliphatic rings. The van der Waals surface area contributed by atoms with Crippen molar-refractivity contribution in [3.05, 3.63) is 5.28 Å². The van der Waals surface area contributed by atoms with Crippen LogP contribution in [0.25, 0.3) is 0 Å². The molecule has 0 bridgehead atoms. The van der Waals surface area contributed by atoms with Gasteiger partial charge >= 0.3 is 6.01 Å². The lowest BCUT2D eigenvalue weighted by Crippen LogP contribution is -2.46. The summed E-state index contributed by atoms with van der Waals surface area (Å²) in [5, 5.41) is 0.182. The summed E-state index contributed by atoms with van der Waals surface area (Å²) in [5.74, 6) is 0.606. The smallest absolute Gasteiger partial charge is 0.322 e. The second kappa shape index (κ2) is 6.15. The summed E-state index contributed by atoms with van der Waals surface area (Å²) in [5.41, 5.74) is 0. The Bertz CT molecular complexity index is 395. The number of likely N-dealkylation sites (N-methyl/N-ethyl adjacent to an activating group) is 1. The van der Waals surface area contributed by atoms with Crippen molar-refractivity contribution in [1.82, 2.24) is 19.9 Å². The van der Waals surface area contributed by atoms with Crippen LogP contribution in [0.1, 0.15) is 13.8 Å².